The van der Waals surface area contributed by atoms with Gasteiger partial charge < -0.3 is 15.6 Å². The van der Waals surface area contributed by atoms with Crippen LogP contribution in [0.25, 0.3) is 0 Å². The Balaban J connectivity index is 2.15. The van der Waals surface area contributed by atoms with E-state index in [2.05, 4.69) is 16.2 Å². The average Bonchev–Trinajstić information content (AvgIpc) is 2.49. The smallest absolute Gasteiger partial charge is 0.300 e. The molecule has 3 N–H and O–H groups in total. The minimum atomic E-state index is -0.676. The predicted molar refractivity (Wildman–Crippen MR) is 87.9 cm³/mol. The van der Waals surface area contributed by atoms with Gasteiger partial charge in [-0.15, -0.1) is 0 Å². The second kappa shape index (κ2) is 6.71. The molecule has 11 heteroatoms. The third kappa shape index (κ3) is 3.81. The molecule has 2 rings (SSSR count). The lowest BCUT2D eigenvalue weighted by Gasteiger charge is -2.39. The molecular weight excluding hydrogens is 324 g/mol. The van der Waals surface area contributed by atoms with Crippen LogP contribution in [0.3, 0.4) is 0 Å². The number of anilines is 1. The standard InChI is InChI=1S/C12H16N6O4S/c1-7-5-11(16(2)12(23)13-7)15-14-9-4-3-8(17(19)20)6-10(9)18(21)22/h3-4,6-7,11,14-15H,5H2,1-2H3,(H,13,23)/t7-,11+/m0/s1. The van der Waals surface area contributed by atoms with Crippen molar-refractivity contribution < 1.29 is 9.85 Å². The van der Waals surface area contributed by atoms with Gasteiger partial charge in [-0.1, -0.05) is 0 Å². The average molecular weight is 340 g/mol. The van der Waals surface area contributed by atoms with Crippen molar-refractivity contribution in [3.8, 4) is 0 Å². The summed E-state index contributed by atoms with van der Waals surface area (Å²) < 4.78 is 0. The summed E-state index contributed by atoms with van der Waals surface area (Å²) in [5.41, 5.74) is 5.16. The molecule has 0 radical (unpaired) electrons. The lowest BCUT2D eigenvalue weighted by atomic mass is 10.1. The molecule has 1 aliphatic heterocycles. The summed E-state index contributed by atoms with van der Waals surface area (Å²) in [6.07, 6.45) is 0.540. The first-order valence-electron chi connectivity index (χ1n) is 6.77. The largest absolute Gasteiger partial charge is 0.360 e. The highest BCUT2D eigenvalue weighted by Gasteiger charge is 2.27. The van der Waals surface area contributed by atoms with Gasteiger partial charge in [0.1, 0.15) is 11.9 Å². The Morgan fingerprint density at radius 1 is 1.35 bits per heavy atom. The van der Waals surface area contributed by atoms with Crippen LogP contribution in [0.4, 0.5) is 17.1 Å². The predicted octanol–water partition coefficient (Wildman–Crippen LogP) is 1.34. The van der Waals surface area contributed by atoms with Crippen LogP contribution in [-0.2, 0) is 0 Å². The van der Waals surface area contributed by atoms with E-state index in [-0.39, 0.29) is 29.3 Å². The van der Waals surface area contributed by atoms with Crippen molar-refractivity contribution in [2.75, 3.05) is 12.5 Å². The monoisotopic (exact) mass is 340 g/mol. The van der Waals surface area contributed by atoms with Crippen LogP contribution in [-0.4, -0.2) is 39.1 Å². The number of nitrogens with one attached hydrogen (secondary N) is 3. The minimum absolute atomic E-state index is 0.145. The Kier molecular flexibility index (Phi) is 4.91. The molecule has 10 nitrogen and oxygen atoms in total. The van der Waals surface area contributed by atoms with E-state index in [1.807, 2.05) is 6.92 Å². The summed E-state index contributed by atoms with van der Waals surface area (Å²) in [4.78, 5) is 22.3. The Labute approximate surface area is 137 Å². The van der Waals surface area contributed by atoms with Gasteiger partial charge in [-0.05, 0) is 25.2 Å². The molecule has 0 unspecified atom stereocenters. The fraction of sp³-hybridized carbons (Fsp3) is 0.417. The van der Waals surface area contributed by atoms with Gasteiger partial charge in [-0.2, -0.15) is 0 Å². The summed E-state index contributed by atoms with van der Waals surface area (Å²) in [6.45, 7) is 1.97. The van der Waals surface area contributed by atoms with E-state index in [0.717, 1.165) is 6.07 Å². The molecule has 23 heavy (non-hydrogen) atoms. The maximum Gasteiger partial charge on any atom is 0.300 e. The Morgan fingerprint density at radius 2 is 2.04 bits per heavy atom. The number of nitro benzene ring substituents is 2. The van der Waals surface area contributed by atoms with Crippen molar-refractivity contribution in [1.82, 2.24) is 15.6 Å². The number of nitrogens with zero attached hydrogens (tertiary/aromatic N) is 3. The Hall–Kier alpha value is -2.53. The fourth-order valence-corrected chi connectivity index (χ4v) is 2.54. The van der Waals surface area contributed by atoms with Crippen molar-refractivity contribution in [3.63, 3.8) is 0 Å². The molecule has 0 bridgehead atoms. The molecule has 124 valence electrons. The van der Waals surface area contributed by atoms with E-state index >= 15 is 0 Å². The topological polar surface area (TPSA) is 126 Å². The summed E-state index contributed by atoms with van der Waals surface area (Å²) in [5.74, 6) is 0. The summed E-state index contributed by atoms with van der Waals surface area (Å²) >= 11 is 5.19. The van der Waals surface area contributed by atoms with E-state index in [1.54, 1.807) is 11.9 Å². The zero-order chi connectivity index (χ0) is 17.1. The van der Waals surface area contributed by atoms with Gasteiger partial charge >= 0.3 is 5.69 Å². The molecule has 1 aromatic carbocycles. The molecule has 0 aromatic heterocycles. The highest BCUT2D eigenvalue weighted by atomic mass is 32.1. The number of non-ortho nitro benzene ring substituents is 1. The van der Waals surface area contributed by atoms with Crippen molar-refractivity contribution in [2.45, 2.75) is 25.6 Å². The first kappa shape index (κ1) is 16.8. The van der Waals surface area contributed by atoms with Gasteiger partial charge in [-0.3, -0.25) is 20.2 Å². The third-order valence-electron chi connectivity index (χ3n) is 3.50. The van der Waals surface area contributed by atoms with Crippen LogP contribution in [0.5, 0.6) is 0 Å². The third-order valence-corrected chi connectivity index (χ3v) is 3.90. The highest BCUT2D eigenvalue weighted by Crippen LogP contribution is 2.28. The molecule has 2 atom stereocenters. The lowest BCUT2D eigenvalue weighted by Crippen LogP contribution is -2.59. The molecule has 0 amide bonds. The van der Waals surface area contributed by atoms with Crippen LogP contribution >= 0.6 is 12.2 Å². The van der Waals surface area contributed by atoms with E-state index in [1.165, 1.54) is 12.1 Å². The van der Waals surface area contributed by atoms with Gasteiger partial charge in [0.05, 0.1) is 15.9 Å². The van der Waals surface area contributed by atoms with Crippen molar-refractivity contribution in [2.24, 2.45) is 0 Å². The molecular formula is C12H16N6O4S. The number of hydrogen-bond acceptors (Lipinski definition) is 7. The van der Waals surface area contributed by atoms with E-state index in [9.17, 15) is 20.2 Å². The lowest BCUT2D eigenvalue weighted by molar-refractivity contribution is -0.393. The summed E-state index contributed by atoms with van der Waals surface area (Å²) in [6, 6.07) is 3.58. The number of benzene rings is 1. The van der Waals surface area contributed by atoms with Crippen LogP contribution in [0.2, 0.25) is 0 Å². The zero-order valence-electron chi connectivity index (χ0n) is 12.5. The Bertz CT molecular complexity index is 654. The van der Waals surface area contributed by atoms with Gasteiger partial charge in [0.25, 0.3) is 5.69 Å². The Morgan fingerprint density at radius 3 is 2.65 bits per heavy atom. The quantitative estimate of drug-likeness (QED) is 0.413. The number of nitro groups is 2. The SMILES string of the molecule is C[C@H]1C[C@H](NNc2ccc([N+](=O)[O-])cc2[N+](=O)[O-])N(C)C(=S)N1. The van der Waals surface area contributed by atoms with Crippen LogP contribution in [0, 0.1) is 20.2 Å². The molecule has 1 saturated heterocycles. The van der Waals surface area contributed by atoms with Crippen molar-refractivity contribution in [1.29, 1.82) is 0 Å². The maximum absolute atomic E-state index is 11.1. The second-order valence-electron chi connectivity index (χ2n) is 5.20. The number of hydrogen-bond donors (Lipinski definition) is 3. The first-order valence-corrected chi connectivity index (χ1v) is 7.18. The molecule has 1 heterocycles. The molecule has 1 aromatic rings. The van der Waals surface area contributed by atoms with E-state index in [0.29, 0.717) is 11.5 Å². The van der Waals surface area contributed by atoms with E-state index < -0.39 is 9.85 Å². The minimum Gasteiger partial charge on any atom is -0.360 e. The van der Waals surface area contributed by atoms with Crippen LogP contribution in [0.15, 0.2) is 18.2 Å². The molecule has 0 spiro atoms. The molecule has 0 saturated carbocycles. The van der Waals surface area contributed by atoms with Gasteiger partial charge in [0.2, 0.25) is 0 Å². The molecule has 0 aliphatic carbocycles. The first-order chi connectivity index (χ1) is 10.8. The molecule has 1 fully saturated rings. The number of rotatable bonds is 5. The van der Waals surface area contributed by atoms with Gasteiger partial charge in [0.15, 0.2) is 5.11 Å². The summed E-state index contributed by atoms with van der Waals surface area (Å²) in [5, 5.41) is 25.5. The molecule has 1 aliphatic rings. The van der Waals surface area contributed by atoms with Crippen LogP contribution < -0.4 is 16.2 Å². The van der Waals surface area contributed by atoms with Gasteiger partial charge in [-0.25, -0.2) is 5.43 Å². The maximum atomic E-state index is 11.1. The van der Waals surface area contributed by atoms with Crippen molar-refractivity contribution in [3.05, 3.63) is 38.4 Å². The van der Waals surface area contributed by atoms with Gasteiger partial charge in [0, 0.05) is 25.6 Å². The zero-order valence-corrected chi connectivity index (χ0v) is 13.3. The summed E-state index contributed by atoms with van der Waals surface area (Å²) in [7, 11) is 1.80. The van der Waals surface area contributed by atoms with E-state index in [4.69, 9.17) is 12.2 Å². The van der Waals surface area contributed by atoms with Crippen molar-refractivity contribution >= 4 is 34.4 Å². The highest BCUT2D eigenvalue weighted by molar-refractivity contribution is 7.80. The number of thiocarbonyl (C=S) groups is 1. The normalized spacial score (nSPS) is 20.8. The second-order valence-corrected chi connectivity index (χ2v) is 5.58. The fourth-order valence-electron chi connectivity index (χ4n) is 2.21. The van der Waals surface area contributed by atoms with Crippen LogP contribution in [0.1, 0.15) is 13.3 Å². The number of hydrazine groups is 1.